The summed E-state index contributed by atoms with van der Waals surface area (Å²) in [6.07, 6.45) is 2.25. The summed E-state index contributed by atoms with van der Waals surface area (Å²) in [7, 11) is 0. The van der Waals surface area contributed by atoms with Crippen LogP contribution in [0.3, 0.4) is 0 Å². The lowest BCUT2D eigenvalue weighted by Gasteiger charge is -2.06. The number of aromatic amines is 1. The van der Waals surface area contributed by atoms with E-state index in [1.807, 2.05) is 80.6 Å². The van der Waals surface area contributed by atoms with Crippen LogP contribution in [-0.4, -0.2) is 27.9 Å². The second-order valence-corrected chi connectivity index (χ2v) is 11.6. The molecule has 0 radical (unpaired) electrons. The van der Waals surface area contributed by atoms with E-state index in [4.69, 9.17) is 0 Å². The minimum atomic E-state index is -0.993. The van der Waals surface area contributed by atoms with E-state index in [9.17, 15) is 19.5 Å². The van der Waals surface area contributed by atoms with Crippen molar-refractivity contribution in [2.75, 3.05) is 10.6 Å². The van der Waals surface area contributed by atoms with Crippen LogP contribution in [-0.2, 0) is 16.0 Å². The molecular formula is C31H25Br2N3O4. The molecular weight excluding hydrogens is 638 g/mol. The number of fused-ring (bicyclic) bond motifs is 2. The largest absolute Gasteiger partial charge is 0.478 e. The normalized spacial score (nSPS) is 14.4. The molecule has 0 spiro atoms. The highest BCUT2D eigenvalue weighted by atomic mass is 79.9. The minimum Gasteiger partial charge on any atom is -0.478 e. The first-order valence-corrected chi connectivity index (χ1v) is 14.2. The van der Waals surface area contributed by atoms with Gasteiger partial charge in [-0.25, -0.2) is 4.79 Å². The molecule has 4 aromatic rings. The number of halogens is 2. The number of aromatic nitrogens is 1. The Labute approximate surface area is 248 Å². The van der Waals surface area contributed by atoms with Gasteiger partial charge in [-0.2, -0.15) is 0 Å². The molecule has 3 aromatic carbocycles. The quantitative estimate of drug-likeness (QED) is 0.168. The molecule has 3 heterocycles. The maximum Gasteiger partial charge on any atom is 0.338 e. The Morgan fingerprint density at radius 1 is 0.925 bits per heavy atom. The van der Waals surface area contributed by atoms with Crippen LogP contribution in [0, 0.1) is 0 Å². The van der Waals surface area contributed by atoms with E-state index in [0.29, 0.717) is 28.9 Å². The highest BCUT2D eigenvalue weighted by molar-refractivity contribution is 9.10. The summed E-state index contributed by atoms with van der Waals surface area (Å²) in [6, 6.07) is 20.8. The lowest BCUT2D eigenvalue weighted by Crippen LogP contribution is -2.04. The van der Waals surface area contributed by atoms with Gasteiger partial charge in [-0.05, 0) is 59.5 Å². The number of carboxylic acids is 1. The lowest BCUT2D eigenvalue weighted by molar-refractivity contribution is -0.115. The Hall–Kier alpha value is -3.95. The van der Waals surface area contributed by atoms with Gasteiger partial charge in [-0.15, -0.1) is 0 Å². The molecule has 0 saturated heterocycles. The molecule has 0 unspecified atom stereocenters. The third-order valence-corrected chi connectivity index (χ3v) is 7.64. The zero-order valence-electron chi connectivity index (χ0n) is 21.6. The van der Waals surface area contributed by atoms with Crippen molar-refractivity contribution in [3.05, 3.63) is 104 Å². The van der Waals surface area contributed by atoms with E-state index in [-0.39, 0.29) is 23.3 Å². The van der Waals surface area contributed by atoms with Crippen LogP contribution in [0.15, 0.2) is 75.7 Å². The average Bonchev–Trinajstić information content (AvgIpc) is 3.57. The average molecular weight is 663 g/mol. The molecule has 2 amide bonds. The van der Waals surface area contributed by atoms with Gasteiger partial charge in [0.15, 0.2) is 0 Å². The number of carboxylic acid groups (broad SMARTS) is 1. The number of hydrogen-bond donors (Lipinski definition) is 4. The number of nitrogens with one attached hydrogen (secondary N) is 3. The number of benzene rings is 3. The first kappa shape index (κ1) is 27.6. The van der Waals surface area contributed by atoms with Gasteiger partial charge >= 0.3 is 5.97 Å². The van der Waals surface area contributed by atoms with Crippen LogP contribution in [0.1, 0.15) is 52.6 Å². The van der Waals surface area contributed by atoms with Crippen molar-refractivity contribution >= 4 is 72.7 Å². The number of H-pyrrole nitrogens is 1. The second-order valence-electron chi connectivity index (χ2n) is 9.76. The zero-order valence-corrected chi connectivity index (χ0v) is 24.8. The molecule has 0 bridgehead atoms. The third-order valence-electron chi connectivity index (χ3n) is 6.66. The fraction of sp³-hybridized carbons (Fsp3) is 0.129. The van der Waals surface area contributed by atoms with Gasteiger partial charge in [-0.3, -0.25) is 9.59 Å². The van der Waals surface area contributed by atoms with Gasteiger partial charge in [0.1, 0.15) is 0 Å². The van der Waals surface area contributed by atoms with Crippen LogP contribution in [0.25, 0.3) is 22.8 Å². The summed E-state index contributed by atoms with van der Waals surface area (Å²) in [4.78, 5) is 38.9. The molecule has 0 atom stereocenters. The molecule has 0 fully saturated rings. The van der Waals surface area contributed by atoms with Crippen LogP contribution >= 0.6 is 31.9 Å². The topological polar surface area (TPSA) is 111 Å². The summed E-state index contributed by atoms with van der Waals surface area (Å²) in [5.41, 5.74) is 6.88. The monoisotopic (exact) mass is 661 g/mol. The molecule has 40 heavy (non-hydrogen) atoms. The Balaban J connectivity index is 0.000000244. The van der Waals surface area contributed by atoms with Crippen molar-refractivity contribution in [2.45, 2.75) is 26.2 Å². The standard InChI is InChI=1S/C23H19BrN2O3.C8H6BrNO/c1-12(2)21-20(23(28)29)19(13-6-4-3-5-7-13)18(25-21)11-16-15-10-14(24)8-9-17(15)26-22(16)27;9-6-1-2-7-5(3-6)4-8(11)10-7/h3-12,25H,1-2H3,(H,26,27)(H,28,29);1-3H,4H2,(H,10,11). The zero-order chi connectivity index (χ0) is 28.6. The van der Waals surface area contributed by atoms with Crippen LogP contribution in [0.2, 0.25) is 0 Å². The van der Waals surface area contributed by atoms with E-state index in [2.05, 4.69) is 47.5 Å². The van der Waals surface area contributed by atoms with Gasteiger partial charge in [0.05, 0.1) is 17.6 Å². The first-order valence-electron chi connectivity index (χ1n) is 12.6. The maximum absolute atomic E-state index is 12.6. The smallest absolute Gasteiger partial charge is 0.338 e. The number of amides is 2. The molecule has 2 aliphatic heterocycles. The van der Waals surface area contributed by atoms with Gasteiger partial charge in [0.2, 0.25) is 5.91 Å². The summed E-state index contributed by atoms with van der Waals surface area (Å²) in [5.74, 6) is -1.14. The minimum absolute atomic E-state index is 0.0189. The second kappa shape index (κ2) is 11.3. The predicted octanol–water partition coefficient (Wildman–Crippen LogP) is 7.70. The summed E-state index contributed by atoms with van der Waals surface area (Å²) < 4.78 is 1.88. The molecule has 0 aliphatic carbocycles. The van der Waals surface area contributed by atoms with Gasteiger partial charge in [0, 0.05) is 42.8 Å². The van der Waals surface area contributed by atoms with Crippen LogP contribution in [0.4, 0.5) is 11.4 Å². The van der Waals surface area contributed by atoms with Crippen LogP contribution in [0.5, 0.6) is 0 Å². The Morgan fingerprint density at radius 2 is 1.60 bits per heavy atom. The summed E-state index contributed by atoms with van der Waals surface area (Å²) >= 11 is 6.80. The fourth-order valence-electron chi connectivity index (χ4n) is 4.85. The summed E-state index contributed by atoms with van der Waals surface area (Å²) in [5, 5.41) is 15.6. The van der Waals surface area contributed by atoms with Crippen molar-refractivity contribution < 1.29 is 19.5 Å². The Morgan fingerprint density at radius 3 is 2.27 bits per heavy atom. The van der Waals surface area contributed by atoms with Crippen molar-refractivity contribution in [1.29, 1.82) is 0 Å². The molecule has 202 valence electrons. The predicted molar refractivity (Wildman–Crippen MR) is 164 cm³/mol. The lowest BCUT2D eigenvalue weighted by atomic mass is 9.96. The first-order chi connectivity index (χ1) is 19.1. The molecule has 2 aliphatic rings. The van der Waals surface area contributed by atoms with Gasteiger partial charge < -0.3 is 20.7 Å². The van der Waals surface area contributed by atoms with E-state index in [1.54, 1.807) is 6.08 Å². The Kier molecular flexibility index (Phi) is 7.78. The molecule has 9 heteroatoms. The van der Waals surface area contributed by atoms with Crippen molar-refractivity contribution in [2.24, 2.45) is 0 Å². The molecule has 6 rings (SSSR count). The third kappa shape index (κ3) is 5.52. The summed E-state index contributed by atoms with van der Waals surface area (Å²) in [6.45, 7) is 3.89. The maximum atomic E-state index is 12.6. The van der Waals surface area contributed by atoms with E-state index in [1.165, 1.54) is 0 Å². The molecule has 1 aromatic heterocycles. The SMILES string of the molecule is CC(C)c1[nH]c(C=C2C(=O)Nc3ccc(Br)cc32)c(-c2ccccc2)c1C(=O)O.O=C1Cc2cc(Br)ccc2N1. The van der Waals surface area contributed by atoms with E-state index < -0.39 is 5.97 Å². The molecule has 0 saturated carbocycles. The van der Waals surface area contributed by atoms with E-state index >= 15 is 0 Å². The van der Waals surface area contributed by atoms with Crippen molar-refractivity contribution in [1.82, 2.24) is 4.98 Å². The Bertz CT molecular complexity index is 1690. The highest BCUT2D eigenvalue weighted by Crippen LogP contribution is 2.39. The number of anilines is 2. The van der Waals surface area contributed by atoms with Gasteiger partial charge in [-0.1, -0.05) is 76.0 Å². The van der Waals surface area contributed by atoms with Crippen molar-refractivity contribution in [3.8, 4) is 11.1 Å². The fourth-order valence-corrected chi connectivity index (χ4v) is 5.62. The number of carbonyl (C=O) groups is 3. The number of carbonyl (C=O) groups excluding carboxylic acids is 2. The van der Waals surface area contributed by atoms with Crippen molar-refractivity contribution in [3.63, 3.8) is 0 Å². The number of rotatable bonds is 4. The van der Waals surface area contributed by atoms with Crippen LogP contribution < -0.4 is 10.6 Å². The number of hydrogen-bond acceptors (Lipinski definition) is 3. The molecule has 4 N–H and O–H groups in total. The number of aromatic carboxylic acids is 1. The molecule has 7 nitrogen and oxygen atoms in total. The highest BCUT2D eigenvalue weighted by Gasteiger charge is 2.28. The van der Waals surface area contributed by atoms with Gasteiger partial charge in [0.25, 0.3) is 5.91 Å². The van der Waals surface area contributed by atoms with E-state index in [0.717, 1.165) is 37.0 Å².